The molecule has 0 heterocycles. The first-order valence-electron chi connectivity index (χ1n) is 6.83. The Morgan fingerprint density at radius 2 is 1.45 bits per heavy atom. The van der Waals surface area contributed by atoms with Gasteiger partial charge in [0.25, 0.3) is 0 Å². The van der Waals surface area contributed by atoms with E-state index in [1.54, 1.807) is 7.11 Å². The molecule has 106 valence electrons. The summed E-state index contributed by atoms with van der Waals surface area (Å²) >= 11 is 0. The van der Waals surface area contributed by atoms with Gasteiger partial charge in [0, 0.05) is 0 Å². The molecule has 0 atom stereocenters. The molecule has 0 N–H and O–H groups in total. The van der Waals surface area contributed by atoms with Crippen molar-refractivity contribution in [1.29, 1.82) is 0 Å². The van der Waals surface area contributed by atoms with Gasteiger partial charge in [-0.05, 0) is 53.8 Å². The van der Waals surface area contributed by atoms with Crippen LogP contribution in [0.25, 0.3) is 0 Å². The number of hydrogen-bond acceptors (Lipinski definition) is 2. The molecule has 2 rings (SSSR count). The monoisotopic (exact) mass is 270 g/mol. The number of aryl methyl sites for hydroxylation is 1. The van der Waals surface area contributed by atoms with Gasteiger partial charge in [0.2, 0.25) is 0 Å². The molecule has 2 heteroatoms. The second-order valence-corrected chi connectivity index (χ2v) is 6.01. The molecule has 0 amide bonds. The van der Waals surface area contributed by atoms with E-state index in [4.69, 9.17) is 9.47 Å². The quantitative estimate of drug-likeness (QED) is 0.773. The minimum Gasteiger partial charge on any atom is -0.497 e. The average molecular weight is 270 g/mol. The Morgan fingerprint density at radius 3 is 1.95 bits per heavy atom. The number of rotatable bonds is 3. The molecule has 2 nitrogen and oxygen atoms in total. The summed E-state index contributed by atoms with van der Waals surface area (Å²) < 4.78 is 11.1. The normalized spacial score (nSPS) is 11.2. The van der Waals surface area contributed by atoms with Gasteiger partial charge in [-0.2, -0.15) is 0 Å². The van der Waals surface area contributed by atoms with Crippen molar-refractivity contribution in [3.8, 4) is 17.2 Å². The van der Waals surface area contributed by atoms with Crippen LogP contribution < -0.4 is 9.47 Å². The first-order valence-corrected chi connectivity index (χ1v) is 6.83. The summed E-state index contributed by atoms with van der Waals surface area (Å²) in [5.41, 5.74) is 2.62. The van der Waals surface area contributed by atoms with E-state index in [0.29, 0.717) is 0 Å². The smallest absolute Gasteiger partial charge is 0.130 e. The van der Waals surface area contributed by atoms with Gasteiger partial charge in [-0.15, -0.1) is 0 Å². The predicted molar refractivity (Wildman–Crippen MR) is 82.9 cm³/mol. The maximum Gasteiger partial charge on any atom is 0.130 e. The number of methoxy groups -OCH3 is 1. The fourth-order valence-corrected chi connectivity index (χ4v) is 2.00. The molecule has 0 aliphatic rings. The lowest BCUT2D eigenvalue weighted by molar-refractivity contribution is 0.412. The summed E-state index contributed by atoms with van der Waals surface area (Å²) in [6.07, 6.45) is 0. The van der Waals surface area contributed by atoms with Crippen LogP contribution >= 0.6 is 0 Å². The van der Waals surface area contributed by atoms with Gasteiger partial charge >= 0.3 is 0 Å². The maximum absolute atomic E-state index is 5.92. The van der Waals surface area contributed by atoms with E-state index >= 15 is 0 Å². The van der Waals surface area contributed by atoms with Crippen molar-refractivity contribution in [3.05, 3.63) is 53.6 Å². The van der Waals surface area contributed by atoms with Crippen LogP contribution in [0.4, 0.5) is 0 Å². The van der Waals surface area contributed by atoms with Gasteiger partial charge < -0.3 is 9.47 Å². The zero-order valence-electron chi connectivity index (χ0n) is 12.9. The van der Waals surface area contributed by atoms with Crippen LogP contribution in [-0.2, 0) is 5.41 Å². The Morgan fingerprint density at radius 1 is 0.850 bits per heavy atom. The third-order valence-corrected chi connectivity index (χ3v) is 3.33. The van der Waals surface area contributed by atoms with Crippen molar-refractivity contribution in [2.75, 3.05) is 7.11 Å². The lowest BCUT2D eigenvalue weighted by Crippen LogP contribution is -2.11. The van der Waals surface area contributed by atoms with Crippen LogP contribution in [0.5, 0.6) is 17.2 Å². The van der Waals surface area contributed by atoms with Crippen LogP contribution in [0, 0.1) is 6.92 Å². The Labute approximate surface area is 121 Å². The van der Waals surface area contributed by atoms with Gasteiger partial charge in [0.05, 0.1) is 7.11 Å². The standard InChI is InChI=1S/C18H22O2/c1-13-12-14(18(2,3)4)6-11-17(13)20-16-9-7-15(19-5)8-10-16/h6-12H,1-5H3. The minimum absolute atomic E-state index is 0.156. The van der Waals surface area contributed by atoms with Crippen molar-refractivity contribution in [2.45, 2.75) is 33.1 Å². The summed E-state index contributed by atoms with van der Waals surface area (Å²) in [5.74, 6) is 2.54. The van der Waals surface area contributed by atoms with E-state index in [1.807, 2.05) is 30.3 Å². The van der Waals surface area contributed by atoms with Gasteiger partial charge in [0.15, 0.2) is 0 Å². The molecule has 0 saturated carbocycles. The number of benzene rings is 2. The zero-order valence-corrected chi connectivity index (χ0v) is 12.9. The molecule has 0 bridgehead atoms. The van der Waals surface area contributed by atoms with E-state index in [1.165, 1.54) is 5.56 Å². The summed E-state index contributed by atoms with van der Waals surface area (Å²) in [4.78, 5) is 0. The van der Waals surface area contributed by atoms with Crippen LogP contribution in [0.15, 0.2) is 42.5 Å². The third kappa shape index (κ3) is 3.32. The van der Waals surface area contributed by atoms with E-state index in [9.17, 15) is 0 Å². The highest BCUT2D eigenvalue weighted by Gasteiger charge is 2.14. The highest BCUT2D eigenvalue weighted by atomic mass is 16.5. The third-order valence-electron chi connectivity index (χ3n) is 3.33. The van der Waals surface area contributed by atoms with Crippen molar-refractivity contribution in [1.82, 2.24) is 0 Å². The molecule has 0 aromatic heterocycles. The van der Waals surface area contributed by atoms with E-state index in [0.717, 1.165) is 22.8 Å². The van der Waals surface area contributed by atoms with Crippen molar-refractivity contribution >= 4 is 0 Å². The maximum atomic E-state index is 5.92. The summed E-state index contributed by atoms with van der Waals surface area (Å²) in [6.45, 7) is 8.72. The topological polar surface area (TPSA) is 18.5 Å². The average Bonchev–Trinajstić information content (AvgIpc) is 2.41. The Hall–Kier alpha value is -1.96. The van der Waals surface area contributed by atoms with Gasteiger partial charge in [-0.1, -0.05) is 32.9 Å². The van der Waals surface area contributed by atoms with Gasteiger partial charge in [-0.3, -0.25) is 0 Å². The Balaban J connectivity index is 2.21. The molecular weight excluding hydrogens is 248 g/mol. The molecular formula is C18H22O2. The first kappa shape index (κ1) is 14.4. The number of hydrogen-bond donors (Lipinski definition) is 0. The second kappa shape index (κ2) is 5.58. The molecule has 0 aliphatic carbocycles. The molecule has 0 saturated heterocycles. The molecule has 0 fully saturated rings. The Kier molecular flexibility index (Phi) is 4.03. The Bertz CT molecular complexity index is 577. The zero-order chi connectivity index (χ0) is 14.8. The fraction of sp³-hybridized carbons (Fsp3) is 0.333. The van der Waals surface area contributed by atoms with Crippen LogP contribution in [0.2, 0.25) is 0 Å². The van der Waals surface area contributed by atoms with E-state index in [2.05, 4.69) is 39.8 Å². The molecule has 0 radical (unpaired) electrons. The molecule has 0 aliphatic heterocycles. The minimum atomic E-state index is 0.156. The second-order valence-electron chi connectivity index (χ2n) is 6.01. The fourth-order valence-electron chi connectivity index (χ4n) is 2.00. The van der Waals surface area contributed by atoms with Crippen LogP contribution in [0.3, 0.4) is 0 Å². The largest absolute Gasteiger partial charge is 0.497 e. The van der Waals surface area contributed by atoms with Crippen molar-refractivity contribution in [2.24, 2.45) is 0 Å². The van der Waals surface area contributed by atoms with Gasteiger partial charge in [-0.25, -0.2) is 0 Å². The lowest BCUT2D eigenvalue weighted by Gasteiger charge is -2.20. The van der Waals surface area contributed by atoms with Crippen LogP contribution in [0.1, 0.15) is 31.9 Å². The molecule has 20 heavy (non-hydrogen) atoms. The lowest BCUT2D eigenvalue weighted by atomic mass is 9.86. The summed E-state index contributed by atoms with van der Waals surface area (Å²) in [5, 5.41) is 0. The SMILES string of the molecule is COc1ccc(Oc2ccc(C(C)(C)C)cc2C)cc1. The van der Waals surface area contributed by atoms with E-state index in [-0.39, 0.29) is 5.41 Å². The summed E-state index contributed by atoms with van der Waals surface area (Å²) in [6, 6.07) is 14.0. The molecule has 0 spiro atoms. The number of ether oxygens (including phenoxy) is 2. The highest BCUT2D eigenvalue weighted by Crippen LogP contribution is 2.30. The van der Waals surface area contributed by atoms with Crippen molar-refractivity contribution in [3.63, 3.8) is 0 Å². The molecule has 2 aromatic rings. The van der Waals surface area contributed by atoms with Crippen molar-refractivity contribution < 1.29 is 9.47 Å². The first-order chi connectivity index (χ1) is 9.40. The molecule has 0 unspecified atom stereocenters. The van der Waals surface area contributed by atoms with Crippen LogP contribution in [-0.4, -0.2) is 7.11 Å². The van der Waals surface area contributed by atoms with E-state index < -0.39 is 0 Å². The predicted octanol–water partition coefficient (Wildman–Crippen LogP) is 5.09. The summed E-state index contributed by atoms with van der Waals surface area (Å²) in [7, 11) is 1.66. The van der Waals surface area contributed by atoms with Gasteiger partial charge in [0.1, 0.15) is 17.2 Å². The molecule has 2 aromatic carbocycles. The highest BCUT2D eigenvalue weighted by molar-refractivity contribution is 5.42.